The molecule has 1 aliphatic carbocycles. The lowest BCUT2D eigenvalue weighted by Gasteiger charge is -2.30. The van der Waals surface area contributed by atoms with Crippen molar-refractivity contribution in [3.05, 3.63) is 18.5 Å². The molecule has 0 radical (unpaired) electrons. The van der Waals surface area contributed by atoms with Crippen molar-refractivity contribution in [2.45, 2.75) is 25.0 Å². The monoisotopic (exact) mass is 235 g/mol. The molecular formula is C12H17N3O2. The maximum absolute atomic E-state index is 5.82. The first kappa shape index (κ1) is 10.9. The molecule has 1 N–H and O–H groups in total. The molecule has 1 aromatic rings. The van der Waals surface area contributed by atoms with Crippen LogP contribution in [0.1, 0.15) is 12.8 Å². The number of fused-ring (bicyclic) bond motifs is 1. The van der Waals surface area contributed by atoms with Crippen molar-refractivity contribution in [2.75, 3.05) is 19.8 Å². The Morgan fingerprint density at radius 1 is 1.35 bits per heavy atom. The van der Waals surface area contributed by atoms with Gasteiger partial charge in [0, 0.05) is 30.9 Å². The highest BCUT2D eigenvalue weighted by molar-refractivity contribution is 4.96. The molecule has 0 aromatic carbocycles. The predicted octanol–water partition coefficient (Wildman–Crippen LogP) is 0.622. The number of hydrogen-bond acceptors (Lipinski definition) is 5. The first-order valence-electron chi connectivity index (χ1n) is 6.18. The molecule has 0 spiro atoms. The van der Waals surface area contributed by atoms with Gasteiger partial charge in [-0.3, -0.25) is 0 Å². The predicted molar refractivity (Wildman–Crippen MR) is 61.8 cm³/mol. The Morgan fingerprint density at radius 3 is 3.12 bits per heavy atom. The molecule has 3 rings (SSSR count). The third-order valence-electron chi connectivity index (χ3n) is 3.50. The quantitative estimate of drug-likeness (QED) is 0.832. The molecule has 5 nitrogen and oxygen atoms in total. The van der Waals surface area contributed by atoms with E-state index in [2.05, 4.69) is 15.3 Å². The van der Waals surface area contributed by atoms with Crippen LogP contribution in [-0.4, -0.2) is 41.9 Å². The van der Waals surface area contributed by atoms with Crippen molar-refractivity contribution < 1.29 is 9.47 Å². The van der Waals surface area contributed by atoms with Crippen LogP contribution in [0.5, 0.6) is 6.01 Å². The molecule has 2 aliphatic rings. The van der Waals surface area contributed by atoms with Crippen LogP contribution in [0.25, 0.3) is 0 Å². The van der Waals surface area contributed by atoms with Crippen LogP contribution in [0.15, 0.2) is 18.5 Å². The van der Waals surface area contributed by atoms with E-state index in [1.807, 2.05) is 0 Å². The lowest BCUT2D eigenvalue weighted by Crippen LogP contribution is -2.47. The molecule has 1 saturated carbocycles. The van der Waals surface area contributed by atoms with E-state index in [1.165, 1.54) is 6.42 Å². The Bertz CT molecular complexity index is 360. The zero-order chi connectivity index (χ0) is 11.5. The summed E-state index contributed by atoms with van der Waals surface area (Å²) >= 11 is 0. The van der Waals surface area contributed by atoms with Crippen molar-refractivity contribution in [3.8, 4) is 6.01 Å². The van der Waals surface area contributed by atoms with Crippen molar-refractivity contribution in [1.82, 2.24) is 15.3 Å². The van der Waals surface area contributed by atoms with Gasteiger partial charge in [-0.1, -0.05) is 0 Å². The minimum atomic E-state index is 0.299. The van der Waals surface area contributed by atoms with Gasteiger partial charge in [0.25, 0.3) is 0 Å². The molecule has 17 heavy (non-hydrogen) atoms. The summed E-state index contributed by atoms with van der Waals surface area (Å²) < 4.78 is 11.4. The third-order valence-corrected chi connectivity index (χ3v) is 3.50. The summed E-state index contributed by atoms with van der Waals surface area (Å²) in [5.74, 6) is 0.455. The van der Waals surface area contributed by atoms with E-state index in [1.54, 1.807) is 18.5 Å². The second-order valence-electron chi connectivity index (χ2n) is 4.58. The summed E-state index contributed by atoms with van der Waals surface area (Å²) in [4.78, 5) is 8.11. The van der Waals surface area contributed by atoms with Crippen molar-refractivity contribution in [3.63, 3.8) is 0 Å². The fourth-order valence-electron chi connectivity index (χ4n) is 2.68. The minimum Gasteiger partial charge on any atom is -0.463 e. The first-order valence-corrected chi connectivity index (χ1v) is 6.18. The molecule has 2 heterocycles. The van der Waals surface area contributed by atoms with Gasteiger partial charge in [-0.2, -0.15) is 0 Å². The molecule has 0 bridgehead atoms. The summed E-state index contributed by atoms with van der Waals surface area (Å²) in [6.07, 6.45) is 6.01. The van der Waals surface area contributed by atoms with Crippen LogP contribution in [-0.2, 0) is 4.74 Å². The van der Waals surface area contributed by atoms with E-state index in [0.29, 0.717) is 30.7 Å². The number of morpholine rings is 1. The van der Waals surface area contributed by atoms with E-state index in [4.69, 9.17) is 9.47 Å². The molecule has 3 atom stereocenters. The number of ether oxygens (including phenoxy) is 2. The van der Waals surface area contributed by atoms with E-state index in [0.717, 1.165) is 19.6 Å². The van der Waals surface area contributed by atoms with Gasteiger partial charge in [-0.15, -0.1) is 0 Å². The lowest BCUT2D eigenvalue weighted by atomic mass is 10.1. The van der Waals surface area contributed by atoms with Crippen LogP contribution in [0.4, 0.5) is 0 Å². The fourth-order valence-corrected chi connectivity index (χ4v) is 2.68. The summed E-state index contributed by atoms with van der Waals surface area (Å²) in [6.45, 7) is 2.42. The van der Waals surface area contributed by atoms with Crippen molar-refractivity contribution >= 4 is 0 Å². The van der Waals surface area contributed by atoms with Gasteiger partial charge in [0.2, 0.25) is 0 Å². The zero-order valence-electron chi connectivity index (χ0n) is 9.71. The molecule has 1 aliphatic heterocycles. The number of hydrogen-bond donors (Lipinski definition) is 1. The average molecular weight is 235 g/mol. The highest BCUT2D eigenvalue weighted by atomic mass is 16.5. The Morgan fingerprint density at radius 2 is 2.24 bits per heavy atom. The third kappa shape index (κ3) is 2.40. The van der Waals surface area contributed by atoms with Gasteiger partial charge < -0.3 is 14.8 Å². The van der Waals surface area contributed by atoms with E-state index < -0.39 is 0 Å². The van der Waals surface area contributed by atoms with Crippen LogP contribution in [0.3, 0.4) is 0 Å². The second kappa shape index (κ2) is 4.98. The van der Waals surface area contributed by atoms with Gasteiger partial charge in [0.05, 0.1) is 19.3 Å². The zero-order valence-corrected chi connectivity index (χ0v) is 9.71. The smallest absolute Gasteiger partial charge is 0.316 e. The summed E-state index contributed by atoms with van der Waals surface area (Å²) in [7, 11) is 0. The van der Waals surface area contributed by atoms with Gasteiger partial charge in [0.15, 0.2) is 0 Å². The minimum absolute atomic E-state index is 0.299. The highest BCUT2D eigenvalue weighted by Gasteiger charge is 2.38. The average Bonchev–Trinajstić information content (AvgIpc) is 2.81. The Balaban J connectivity index is 1.55. The molecular weight excluding hydrogens is 218 g/mol. The maximum Gasteiger partial charge on any atom is 0.316 e. The summed E-state index contributed by atoms with van der Waals surface area (Å²) in [5, 5.41) is 3.50. The van der Waals surface area contributed by atoms with Crippen LogP contribution < -0.4 is 10.1 Å². The van der Waals surface area contributed by atoms with Crippen LogP contribution in [0.2, 0.25) is 0 Å². The number of rotatable bonds is 3. The summed E-state index contributed by atoms with van der Waals surface area (Å²) in [5.41, 5.74) is 0. The van der Waals surface area contributed by atoms with Gasteiger partial charge in [0.1, 0.15) is 0 Å². The van der Waals surface area contributed by atoms with Crippen molar-refractivity contribution in [2.24, 2.45) is 5.92 Å². The van der Waals surface area contributed by atoms with Gasteiger partial charge in [-0.25, -0.2) is 9.97 Å². The van der Waals surface area contributed by atoms with E-state index >= 15 is 0 Å². The number of nitrogens with one attached hydrogen (secondary N) is 1. The maximum atomic E-state index is 5.82. The lowest BCUT2D eigenvalue weighted by molar-refractivity contribution is -0.0247. The van der Waals surface area contributed by atoms with E-state index in [-0.39, 0.29) is 0 Å². The first-order chi connectivity index (χ1) is 8.43. The standard InChI is InChI=1S/C12H17N3O2/c1-4-14-12(15-5-1)17-8-9-2-3-10-11(9)16-7-6-13-10/h1,4-5,9-11,13H,2-3,6-8H2/t9-,10+,11+/m0/s1. The molecule has 1 saturated heterocycles. The Kier molecular flexibility index (Phi) is 3.20. The topological polar surface area (TPSA) is 56.3 Å². The molecule has 92 valence electrons. The fraction of sp³-hybridized carbons (Fsp3) is 0.667. The number of nitrogens with zero attached hydrogens (tertiary/aromatic N) is 2. The van der Waals surface area contributed by atoms with Crippen LogP contribution in [0, 0.1) is 5.92 Å². The molecule has 0 amide bonds. The Hall–Kier alpha value is -1.20. The SMILES string of the molecule is c1cnc(OC[C@@H]2CC[C@H]3NCCO[C@H]23)nc1. The van der Waals surface area contributed by atoms with Crippen LogP contribution >= 0.6 is 0 Å². The normalized spacial score (nSPS) is 32.1. The Labute approximate surface area is 101 Å². The molecule has 1 aromatic heterocycles. The highest BCUT2D eigenvalue weighted by Crippen LogP contribution is 2.30. The molecule has 0 unspecified atom stereocenters. The van der Waals surface area contributed by atoms with Gasteiger partial charge in [-0.05, 0) is 18.9 Å². The van der Waals surface area contributed by atoms with E-state index in [9.17, 15) is 0 Å². The summed E-state index contributed by atoms with van der Waals surface area (Å²) in [6, 6.07) is 2.75. The number of aromatic nitrogens is 2. The molecule has 5 heteroatoms. The molecule has 2 fully saturated rings. The van der Waals surface area contributed by atoms with Crippen molar-refractivity contribution in [1.29, 1.82) is 0 Å². The van der Waals surface area contributed by atoms with Gasteiger partial charge >= 0.3 is 6.01 Å². The second-order valence-corrected chi connectivity index (χ2v) is 4.58. The largest absolute Gasteiger partial charge is 0.463 e.